The summed E-state index contributed by atoms with van der Waals surface area (Å²) < 4.78 is 4.96. The lowest BCUT2D eigenvalue weighted by Gasteiger charge is -2.59. The van der Waals surface area contributed by atoms with Gasteiger partial charge in [-0.2, -0.15) is 0 Å². The van der Waals surface area contributed by atoms with Crippen molar-refractivity contribution in [1.29, 1.82) is 0 Å². The maximum Gasteiger partial charge on any atom is 0.331 e. The van der Waals surface area contributed by atoms with Gasteiger partial charge < -0.3 is 14.9 Å². The van der Waals surface area contributed by atoms with Crippen LogP contribution < -0.4 is 0 Å². The van der Waals surface area contributed by atoms with E-state index in [0.717, 1.165) is 24.8 Å². The van der Waals surface area contributed by atoms with Crippen molar-refractivity contribution in [3.05, 3.63) is 36.0 Å². The first kappa shape index (κ1) is 17.4. The lowest BCUT2D eigenvalue weighted by atomic mass is 9.46. The highest BCUT2D eigenvalue weighted by Crippen LogP contribution is 2.61. The molecule has 2 fully saturated rings. The zero-order valence-electron chi connectivity index (χ0n) is 14.6. The normalized spacial score (nSPS) is 42.8. The number of esters is 1. The summed E-state index contributed by atoms with van der Waals surface area (Å²) >= 11 is 0. The fraction of sp³-hybridized carbons (Fsp3) is 0.650. The molecule has 5 atom stereocenters. The number of hydrogen-bond acceptors (Lipinski definition) is 4. The minimum atomic E-state index is -0.467. The van der Waals surface area contributed by atoms with Gasteiger partial charge in [-0.1, -0.05) is 38.2 Å². The van der Waals surface area contributed by atoms with Crippen LogP contribution in [0.2, 0.25) is 0 Å². The van der Waals surface area contributed by atoms with Crippen molar-refractivity contribution in [1.82, 2.24) is 0 Å². The van der Waals surface area contributed by atoms with Gasteiger partial charge in [0.05, 0.1) is 12.7 Å². The predicted octanol–water partition coefficient (Wildman–Crippen LogP) is 2.77. The summed E-state index contributed by atoms with van der Waals surface area (Å²) in [5.41, 5.74) is 1.59. The van der Waals surface area contributed by atoms with Crippen LogP contribution in [0.1, 0.15) is 39.5 Å². The van der Waals surface area contributed by atoms with E-state index >= 15 is 0 Å². The van der Waals surface area contributed by atoms with E-state index in [4.69, 9.17) is 4.74 Å². The highest BCUT2D eigenvalue weighted by atomic mass is 16.5. The van der Waals surface area contributed by atoms with Crippen LogP contribution in [0.25, 0.3) is 0 Å². The third-order valence-electron chi connectivity index (χ3n) is 6.74. The number of ether oxygens (including phenoxy) is 1. The van der Waals surface area contributed by atoms with Gasteiger partial charge in [-0.25, -0.2) is 4.79 Å². The molecule has 0 aromatic heterocycles. The fourth-order valence-electron chi connectivity index (χ4n) is 5.20. The molecule has 0 bridgehead atoms. The van der Waals surface area contributed by atoms with Crippen LogP contribution >= 0.6 is 0 Å². The molecule has 2 N–H and O–H groups in total. The summed E-state index contributed by atoms with van der Waals surface area (Å²) in [5, 5.41) is 20.5. The minimum Gasteiger partial charge on any atom is -0.458 e. The van der Waals surface area contributed by atoms with Crippen molar-refractivity contribution in [2.24, 2.45) is 22.7 Å². The quantitative estimate of drug-likeness (QED) is 0.616. The smallest absolute Gasteiger partial charge is 0.331 e. The molecule has 3 rings (SSSR count). The molecule has 2 aliphatic carbocycles. The van der Waals surface area contributed by atoms with Gasteiger partial charge in [0, 0.05) is 17.4 Å². The molecule has 0 radical (unpaired) electrons. The highest BCUT2D eigenvalue weighted by Gasteiger charge is 2.57. The van der Waals surface area contributed by atoms with Gasteiger partial charge in [-0.05, 0) is 42.6 Å². The average molecular weight is 332 g/mol. The van der Waals surface area contributed by atoms with Gasteiger partial charge in [0.1, 0.15) is 6.61 Å². The first-order valence-corrected chi connectivity index (χ1v) is 8.83. The number of fused-ring (bicyclic) bond motifs is 1. The van der Waals surface area contributed by atoms with Gasteiger partial charge in [0.2, 0.25) is 0 Å². The first-order chi connectivity index (χ1) is 11.3. The van der Waals surface area contributed by atoms with Gasteiger partial charge >= 0.3 is 5.97 Å². The minimum absolute atomic E-state index is 0.00479. The van der Waals surface area contributed by atoms with Crippen LogP contribution in [0, 0.1) is 22.7 Å². The molecule has 0 aromatic carbocycles. The summed E-state index contributed by atoms with van der Waals surface area (Å²) in [6, 6.07) is 0. The maximum absolute atomic E-state index is 11.2. The molecule has 3 aliphatic rings. The maximum atomic E-state index is 11.2. The molecule has 4 nitrogen and oxygen atoms in total. The van der Waals surface area contributed by atoms with Gasteiger partial charge in [0.15, 0.2) is 0 Å². The Kier molecular flexibility index (Phi) is 4.47. The van der Waals surface area contributed by atoms with E-state index < -0.39 is 11.5 Å². The number of aliphatic hydroxyl groups excluding tert-OH is 2. The van der Waals surface area contributed by atoms with Crippen molar-refractivity contribution < 1.29 is 19.7 Å². The largest absolute Gasteiger partial charge is 0.458 e. The summed E-state index contributed by atoms with van der Waals surface area (Å²) in [4.78, 5) is 11.2. The van der Waals surface area contributed by atoms with Crippen molar-refractivity contribution in [2.75, 3.05) is 13.2 Å². The lowest BCUT2D eigenvalue weighted by molar-refractivity contribution is -0.145. The fourth-order valence-corrected chi connectivity index (χ4v) is 5.20. The van der Waals surface area contributed by atoms with E-state index in [1.807, 2.05) is 13.0 Å². The number of aliphatic hydroxyl groups is 2. The van der Waals surface area contributed by atoms with Crippen LogP contribution in [0.5, 0.6) is 0 Å². The molecule has 0 amide bonds. The van der Waals surface area contributed by atoms with E-state index in [2.05, 4.69) is 19.6 Å². The molecule has 1 heterocycles. The van der Waals surface area contributed by atoms with E-state index in [1.165, 1.54) is 11.6 Å². The zero-order valence-corrected chi connectivity index (χ0v) is 14.6. The number of carbonyl (C=O) groups is 1. The van der Waals surface area contributed by atoms with Crippen LogP contribution in [0.4, 0.5) is 0 Å². The van der Waals surface area contributed by atoms with Crippen molar-refractivity contribution in [3.63, 3.8) is 0 Å². The third-order valence-corrected chi connectivity index (χ3v) is 6.74. The molecule has 1 aliphatic heterocycles. The number of hydrogen-bond donors (Lipinski definition) is 2. The number of cyclic esters (lactones) is 1. The molecule has 0 saturated heterocycles. The Labute approximate surface area is 143 Å². The summed E-state index contributed by atoms with van der Waals surface area (Å²) in [7, 11) is 0. The van der Waals surface area contributed by atoms with Crippen molar-refractivity contribution in [2.45, 2.75) is 45.6 Å². The Bertz CT molecular complexity index is 605. The summed E-state index contributed by atoms with van der Waals surface area (Å²) in [5.74, 6) is 0.149. The molecular formula is C20H28O4. The monoisotopic (exact) mass is 332 g/mol. The Morgan fingerprint density at radius 2 is 2.17 bits per heavy atom. The SMILES string of the molecule is C=C1CC[C@H]2[C@](C)(CO)[C@H](O)CC[C@]2(C)[C@H]1/C=C/C1=CC(=O)OC1. The summed E-state index contributed by atoms with van der Waals surface area (Å²) in [6.07, 6.45) is 8.69. The Morgan fingerprint density at radius 1 is 1.42 bits per heavy atom. The van der Waals surface area contributed by atoms with Crippen molar-refractivity contribution >= 4 is 5.97 Å². The molecule has 24 heavy (non-hydrogen) atoms. The Balaban J connectivity index is 1.91. The average Bonchev–Trinajstić information content (AvgIpc) is 2.96. The molecule has 132 valence electrons. The van der Waals surface area contributed by atoms with Crippen LogP contribution in [0.3, 0.4) is 0 Å². The van der Waals surface area contributed by atoms with E-state index in [-0.39, 0.29) is 29.8 Å². The van der Waals surface area contributed by atoms with Crippen molar-refractivity contribution in [3.8, 4) is 0 Å². The standard InChI is InChI=1S/C20H28O4/c1-13-4-7-16-19(2,9-8-17(22)20(16,3)12-21)15(13)6-5-14-10-18(23)24-11-14/h5-6,10,15-17,21-22H,1,4,7-9,11-12H2,2-3H3/b6-5+/t15-,16+,17+,19+,20-/m0/s1. The van der Waals surface area contributed by atoms with E-state index in [1.54, 1.807) is 0 Å². The second-order valence-electron chi connectivity index (χ2n) is 8.14. The zero-order chi connectivity index (χ0) is 17.5. The molecular weight excluding hydrogens is 304 g/mol. The topological polar surface area (TPSA) is 66.8 Å². The summed E-state index contributed by atoms with van der Waals surface area (Å²) in [6.45, 7) is 8.91. The Morgan fingerprint density at radius 3 is 2.79 bits per heavy atom. The highest BCUT2D eigenvalue weighted by molar-refractivity contribution is 5.85. The van der Waals surface area contributed by atoms with Crippen LogP contribution in [0.15, 0.2) is 36.0 Å². The van der Waals surface area contributed by atoms with Crippen LogP contribution in [-0.2, 0) is 9.53 Å². The Hall–Kier alpha value is -1.39. The molecule has 4 heteroatoms. The van der Waals surface area contributed by atoms with Gasteiger partial charge in [-0.15, -0.1) is 0 Å². The second kappa shape index (κ2) is 6.16. The van der Waals surface area contributed by atoms with Gasteiger partial charge in [-0.3, -0.25) is 0 Å². The number of allylic oxidation sites excluding steroid dienone is 2. The van der Waals surface area contributed by atoms with Crippen LogP contribution in [-0.4, -0.2) is 35.5 Å². The number of rotatable bonds is 3. The molecule has 0 unspecified atom stereocenters. The molecule has 2 saturated carbocycles. The lowest BCUT2D eigenvalue weighted by Crippen LogP contribution is -2.57. The third kappa shape index (κ3) is 2.66. The molecule has 0 spiro atoms. The predicted molar refractivity (Wildman–Crippen MR) is 92.1 cm³/mol. The second-order valence-corrected chi connectivity index (χ2v) is 8.14. The first-order valence-electron chi connectivity index (χ1n) is 8.83. The molecule has 0 aromatic rings. The number of carbonyl (C=O) groups excluding carboxylic acids is 1. The van der Waals surface area contributed by atoms with E-state index in [9.17, 15) is 15.0 Å². The van der Waals surface area contributed by atoms with E-state index in [0.29, 0.717) is 13.0 Å². The van der Waals surface area contributed by atoms with Gasteiger partial charge in [0.25, 0.3) is 0 Å².